The van der Waals surface area contributed by atoms with Crippen LogP contribution in [0.2, 0.25) is 0 Å². The number of aromatic nitrogens is 2. The molecule has 0 unspecified atom stereocenters. The molecule has 0 aliphatic heterocycles. The third-order valence-corrected chi connectivity index (χ3v) is 2.69. The molecular formula is C13H14N4O3. The highest BCUT2D eigenvalue weighted by atomic mass is 16.5. The molecule has 0 amide bonds. The van der Waals surface area contributed by atoms with Gasteiger partial charge >= 0.3 is 5.97 Å². The second kappa shape index (κ2) is 5.87. The minimum absolute atomic E-state index is 0.0235. The summed E-state index contributed by atoms with van der Waals surface area (Å²) in [4.78, 5) is 19.1. The summed E-state index contributed by atoms with van der Waals surface area (Å²) in [7, 11) is 1.54. The van der Waals surface area contributed by atoms with Crippen LogP contribution in [0, 0.1) is 0 Å². The first kappa shape index (κ1) is 13.6. The Morgan fingerprint density at radius 2 is 2.20 bits per heavy atom. The number of rotatable bonds is 5. The lowest BCUT2D eigenvalue weighted by molar-refractivity contribution is 0.0698. The summed E-state index contributed by atoms with van der Waals surface area (Å²) in [5.41, 5.74) is 6.78. The first-order valence-electron chi connectivity index (χ1n) is 5.82. The summed E-state index contributed by atoms with van der Waals surface area (Å²) in [6.45, 7) is 0.428. The monoisotopic (exact) mass is 274 g/mol. The number of carboxylic acids is 1. The van der Waals surface area contributed by atoms with Crippen LogP contribution in [0.1, 0.15) is 15.9 Å². The summed E-state index contributed by atoms with van der Waals surface area (Å²) in [5, 5.41) is 12.0. The topological polar surface area (TPSA) is 110 Å². The van der Waals surface area contributed by atoms with E-state index in [0.717, 1.165) is 5.56 Å². The SMILES string of the molecule is COc1ccc(CNc2nccc(C(=O)O)c2N)cn1. The van der Waals surface area contributed by atoms with Crippen LogP contribution in [0.3, 0.4) is 0 Å². The highest BCUT2D eigenvalue weighted by Crippen LogP contribution is 2.20. The zero-order chi connectivity index (χ0) is 14.5. The average molecular weight is 274 g/mol. The van der Waals surface area contributed by atoms with Crippen molar-refractivity contribution < 1.29 is 14.6 Å². The minimum atomic E-state index is -1.08. The maximum absolute atomic E-state index is 11.0. The van der Waals surface area contributed by atoms with Crippen LogP contribution in [0.4, 0.5) is 11.5 Å². The van der Waals surface area contributed by atoms with Crippen LogP contribution in [-0.2, 0) is 6.54 Å². The van der Waals surface area contributed by atoms with Crippen molar-refractivity contribution in [3.8, 4) is 5.88 Å². The normalized spacial score (nSPS) is 10.1. The second-order valence-corrected chi connectivity index (χ2v) is 3.99. The van der Waals surface area contributed by atoms with Gasteiger partial charge in [0.2, 0.25) is 5.88 Å². The molecule has 2 rings (SSSR count). The number of nitrogens with two attached hydrogens (primary N) is 1. The molecule has 2 heterocycles. The van der Waals surface area contributed by atoms with Gasteiger partial charge in [-0.25, -0.2) is 14.8 Å². The lowest BCUT2D eigenvalue weighted by Gasteiger charge is -2.10. The van der Waals surface area contributed by atoms with E-state index in [9.17, 15) is 4.79 Å². The Balaban J connectivity index is 2.10. The molecule has 0 aliphatic rings. The zero-order valence-electron chi connectivity index (χ0n) is 10.8. The van der Waals surface area contributed by atoms with Crippen LogP contribution in [0.25, 0.3) is 0 Å². The molecule has 0 spiro atoms. The number of hydrogen-bond donors (Lipinski definition) is 3. The molecule has 7 nitrogen and oxygen atoms in total. The van der Waals surface area contributed by atoms with E-state index in [0.29, 0.717) is 18.2 Å². The Morgan fingerprint density at radius 1 is 1.40 bits per heavy atom. The third kappa shape index (κ3) is 2.94. The number of anilines is 2. The van der Waals surface area contributed by atoms with Crippen LogP contribution in [0.15, 0.2) is 30.6 Å². The van der Waals surface area contributed by atoms with E-state index < -0.39 is 5.97 Å². The molecule has 2 aromatic rings. The van der Waals surface area contributed by atoms with Gasteiger partial charge in [0.15, 0.2) is 0 Å². The molecule has 4 N–H and O–H groups in total. The summed E-state index contributed by atoms with van der Waals surface area (Å²) in [6, 6.07) is 4.94. The fourth-order valence-corrected chi connectivity index (χ4v) is 1.62. The van der Waals surface area contributed by atoms with Gasteiger partial charge in [0.1, 0.15) is 5.82 Å². The number of nitrogen functional groups attached to an aromatic ring is 1. The van der Waals surface area contributed by atoms with Gasteiger partial charge in [-0.2, -0.15) is 0 Å². The maximum Gasteiger partial charge on any atom is 0.337 e. The summed E-state index contributed by atoms with van der Waals surface area (Å²) < 4.78 is 4.96. The van der Waals surface area contributed by atoms with E-state index in [-0.39, 0.29) is 11.3 Å². The number of aromatic carboxylic acids is 1. The number of carboxylic acid groups (broad SMARTS) is 1. The Hall–Kier alpha value is -2.83. The average Bonchev–Trinajstić information content (AvgIpc) is 2.46. The molecule has 20 heavy (non-hydrogen) atoms. The van der Waals surface area contributed by atoms with Crippen LogP contribution in [0.5, 0.6) is 5.88 Å². The van der Waals surface area contributed by atoms with E-state index in [1.807, 2.05) is 6.07 Å². The van der Waals surface area contributed by atoms with Gasteiger partial charge in [-0.15, -0.1) is 0 Å². The lowest BCUT2D eigenvalue weighted by Crippen LogP contribution is -2.09. The minimum Gasteiger partial charge on any atom is -0.481 e. The van der Waals surface area contributed by atoms with Gasteiger partial charge in [-0.1, -0.05) is 6.07 Å². The van der Waals surface area contributed by atoms with E-state index in [2.05, 4.69) is 15.3 Å². The molecule has 104 valence electrons. The van der Waals surface area contributed by atoms with E-state index in [1.54, 1.807) is 19.4 Å². The number of methoxy groups -OCH3 is 1. The van der Waals surface area contributed by atoms with Crippen molar-refractivity contribution in [2.75, 3.05) is 18.2 Å². The Kier molecular flexibility index (Phi) is 3.99. The number of hydrogen-bond acceptors (Lipinski definition) is 6. The predicted molar refractivity (Wildman–Crippen MR) is 73.7 cm³/mol. The Labute approximate surface area is 115 Å². The highest BCUT2D eigenvalue weighted by molar-refractivity contribution is 5.96. The largest absolute Gasteiger partial charge is 0.481 e. The standard InChI is InChI=1S/C13H14N4O3/c1-20-10-3-2-8(6-16-10)7-17-12-11(14)9(13(18)19)4-5-15-12/h2-6H,7,14H2,1H3,(H,15,17)(H,18,19). The van der Waals surface area contributed by atoms with E-state index in [1.165, 1.54) is 12.3 Å². The molecule has 0 aromatic carbocycles. The molecule has 0 bridgehead atoms. The fourth-order valence-electron chi connectivity index (χ4n) is 1.62. The summed E-state index contributed by atoms with van der Waals surface area (Å²) >= 11 is 0. The second-order valence-electron chi connectivity index (χ2n) is 3.99. The Morgan fingerprint density at radius 3 is 2.80 bits per heavy atom. The van der Waals surface area contributed by atoms with Crippen molar-refractivity contribution in [1.82, 2.24) is 9.97 Å². The Bertz CT molecular complexity index is 614. The number of ether oxygens (including phenoxy) is 1. The molecule has 0 aliphatic carbocycles. The number of nitrogens with one attached hydrogen (secondary N) is 1. The van der Waals surface area contributed by atoms with Crippen molar-refractivity contribution in [2.45, 2.75) is 6.54 Å². The van der Waals surface area contributed by atoms with Crippen molar-refractivity contribution in [2.24, 2.45) is 0 Å². The van der Waals surface area contributed by atoms with Crippen LogP contribution in [-0.4, -0.2) is 28.2 Å². The molecule has 0 atom stereocenters. The summed E-state index contributed by atoms with van der Waals surface area (Å²) in [6.07, 6.45) is 3.05. The van der Waals surface area contributed by atoms with E-state index >= 15 is 0 Å². The summed E-state index contributed by atoms with van der Waals surface area (Å²) in [5.74, 6) is -0.223. The van der Waals surface area contributed by atoms with Crippen molar-refractivity contribution in [3.05, 3.63) is 41.7 Å². The number of carbonyl (C=O) groups is 1. The molecule has 7 heteroatoms. The fraction of sp³-hybridized carbons (Fsp3) is 0.154. The van der Waals surface area contributed by atoms with Gasteiger partial charge in [-0.3, -0.25) is 0 Å². The van der Waals surface area contributed by atoms with Crippen LogP contribution < -0.4 is 15.8 Å². The van der Waals surface area contributed by atoms with Gasteiger partial charge in [0, 0.05) is 25.0 Å². The van der Waals surface area contributed by atoms with Crippen molar-refractivity contribution in [1.29, 1.82) is 0 Å². The molecule has 0 saturated carbocycles. The first-order valence-corrected chi connectivity index (χ1v) is 5.82. The number of nitrogens with zero attached hydrogens (tertiary/aromatic N) is 2. The van der Waals surface area contributed by atoms with Crippen molar-refractivity contribution >= 4 is 17.5 Å². The number of pyridine rings is 2. The first-order chi connectivity index (χ1) is 9.61. The van der Waals surface area contributed by atoms with E-state index in [4.69, 9.17) is 15.6 Å². The smallest absolute Gasteiger partial charge is 0.337 e. The van der Waals surface area contributed by atoms with Crippen LogP contribution >= 0.6 is 0 Å². The van der Waals surface area contributed by atoms with Gasteiger partial charge in [0.25, 0.3) is 0 Å². The van der Waals surface area contributed by atoms with Gasteiger partial charge < -0.3 is 20.9 Å². The third-order valence-electron chi connectivity index (χ3n) is 2.69. The predicted octanol–water partition coefficient (Wildman–Crippen LogP) is 1.38. The maximum atomic E-state index is 11.0. The highest BCUT2D eigenvalue weighted by Gasteiger charge is 2.11. The van der Waals surface area contributed by atoms with Gasteiger partial charge in [0.05, 0.1) is 18.4 Å². The molecule has 0 saturated heterocycles. The van der Waals surface area contributed by atoms with Gasteiger partial charge in [-0.05, 0) is 11.6 Å². The quantitative estimate of drug-likeness (QED) is 0.755. The lowest BCUT2D eigenvalue weighted by atomic mass is 10.2. The molecule has 0 radical (unpaired) electrons. The molecular weight excluding hydrogens is 260 g/mol. The van der Waals surface area contributed by atoms with Crippen molar-refractivity contribution in [3.63, 3.8) is 0 Å². The molecule has 2 aromatic heterocycles. The molecule has 0 fully saturated rings. The zero-order valence-corrected chi connectivity index (χ0v) is 10.8.